The van der Waals surface area contributed by atoms with Gasteiger partial charge in [0.2, 0.25) is 0 Å². The predicted molar refractivity (Wildman–Crippen MR) is 123 cm³/mol. The third kappa shape index (κ3) is 5.82. The summed E-state index contributed by atoms with van der Waals surface area (Å²) < 4.78 is 74.2. The van der Waals surface area contributed by atoms with Gasteiger partial charge in [-0.15, -0.1) is 4.40 Å². The molecule has 0 unspecified atom stereocenters. The van der Waals surface area contributed by atoms with Crippen molar-refractivity contribution in [3.63, 3.8) is 0 Å². The molecule has 0 heterocycles. The van der Waals surface area contributed by atoms with Gasteiger partial charge in [-0.2, -0.15) is 21.6 Å². The van der Waals surface area contributed by atoms with E-state index in [1.165, 1.54) is 24.3 Å². The highest BCUT2D eigenvalue weighted by molar-refractivity contribution is 7.90. The Balaban J connectivity index is 2.09. The summed E-state index contributed by atoms with van der Waals surface area (Å²) in [5, 5.41) is 0. The first-order valence-corrected chi connectivity index (χ1v) is 11.6. The average molecular weight is 491 g/mol. The van der Waals surface area contributed by atoms with Crippen molar-refractivity contribution in [2.24, 2.45) is 4.40 Å². The molecule has 34 heavy (non-hydrogen) atoms. The lowest BCUT2D eigenvalue weighted by molar-refractivity contribution is -0.137. The summed E-state index contributed by atoms with van der Waals surface area (Å²) in [5.74, 6) is -0.689. The van der Waals surface area contributed by atoms with E-state index >= 15 is 0 Å². The second-order valence-corrected chi connectivity index (χ2v) is 8.80. The summed E-state index contributed by atoms with van der Waals surface area (Å²) in [5.41, 5.74) is -0.356. The van der Waals surface area contributed by atoms with Crippen molar-refractivity contribution < 1.29 is 31.1 Å². The van der Waals surface area contributed by atoms with Crippen LogP contribution in [-0.4, -0.2) is 27.3 Å². The Bertz CT molecular complexity index is 1300. The van der Waals surface area contributed by atoms with E-state index < -0.39 is 27.7 Å². The fraction of sp³-hybridized carbons (Fsp3) is 0.167. The standard InChI is InChI=1S/C24H21F3N2O4S/c1-3-33-22-10-5-4-9-21(22)29(16-28-34(31,32)20-13-11-17(2)12-14-20)23(30)18-7-6-8-19(15-18)24(25,26)27/h4-16H,3H2,1-2H3/b28-16+. The van der Waals surface area contributed by atoms with Crippen LogP contribution in [-0.2, 0) is 16.2 Å². The van der Waals surface area contributed by atoms with Crippen LogP contribution in [0.5, 0.6) is 5.75 Å². The second-order valence-electron chi connectivity index (χ2n) is 7.16. The van der Waals surface area contributed by atoms with Crippen LogP contribution in [0.2, 0.25) is 0 Å². The molecule has 10 heteroatoms. The smallest absolute Gasteiger partial charge is 0.416 e. The first kappa shape index (κ1) is 25.0. The molecule has 0 aliphatic carbocycles. The first-order valence-electron chi connectivity index (χ1n) is 10.1. The number of carbonyl (C=O) groups excluding carboxylic acids is 1. The second kappa shape index (κ2) is 10.1. The van der Waals surface area contributed by atoms with E-state index in [4.69, 9.17) is 4.74 Å². The Hall–Kier alpha value is -3.66. The number of hydrogen-bond donors (Lipinski definition) is 0. The highest BCUT2D eigenvalue weighted by atomic mass is 32.2. The summed E-state index contributed by atoms with van der Waals surface area (Å²) in [7, 11) is -4.20. The van der Waals surface area contributed by atoms with E-state index in [0.717, 1.165) is 28.9 Å². The first-order chi connectivity index (χ1) is 16.0. The number of anilines is 1. The molecular weight excluding hydrogens is 469 g/mol. The van der Waals surface area contributed by atoms with Crippen molar-refractivity contribution in [2.45, 2.75) is 24.9 Å². The largest absolute Gasteiger partial charge is 0.492 e. The van der Waals surface area contributed by atoms with Crippen molar-refractivity contribution in [3.05, 3.63) is 89.5 Å². The van der Waals surface area contributed by atoms with Gasteiger partial charge >= 0.3 is 6.18 Å². The predicted octanol–water partition coefficient (Wildman–Crippen LogP) is 5.48. The number of nitrogens with zero attached hydrogens (tertiary/aromatic N) is 2. The lowest BCUT2D eigenvalue weighted by Gasteiger charge is -2.21. The van der Waals surface area contributed by atoms with Gasteiger partial charge in [-0.25, -0.2) is 0 Å². The van der Waals surface area contributed by atoms with Crippen LogP contribution in [0.1, 0.15) is 28.4 Å². The number of hydrogen-bond acceptors (Lipinski definition) is 4. The zero-order valence-corrected chi connectivity index (χ0v) is 19.1. The Kier molecular flexibility index (Phi) is 7.41. The zero-order chi connectivity index (χ0) is 24.9. The number of sulfonamides is 1. The molecule has 0 saturated carbocycles. The van der Waals surface area contributed by atoms with Crippen molar-refractivity contribution in [1.29, 1.82) is 0 Å². The Morgan fingerprint density at radius 2 is 1.71 bits per heavy atom. The molecule has 0 saturated heterocycles. The van der Waals surface area contributed by atoms with Gasteiger partial charge in [-0.05, 0) is 56.3 Å². The van der Waals surface area contributed by atoms with Crippen LogP contribution >= 0.6 is 0 Å². The molecule has 0 spiro atoms. The molecule has 0 bridgehead atoms. The lowest BCUT2D eigenvalue weighted by atomic mass is 10.1. The summed E-state index contributed by atoms with van der Waals surface area (Å²) >= 11 is 0. The van der Waals surface area contributed by atoms with Gasteiger partial charge in [0.05, 0.1) is 22.8 Å². The molecule has 6 nitrogen and oxygen atoms in total. The van der Waals surface area contributed by atoms with Crippen LogP contribution in [0.15, 0.2) is 82.1 Å². The van der Waals surface area contributed by atoms with Crippen LogP contribution in [0, 0.1) is 6.92 Å². The van der Waals surface area contributed by atoms with Gasteiger partial charge in [0.1, 0.15) is 12.1 Å². The molecular formula is C24H21F3N2O4S. The van der Waals surface area contributed by atoms with E-state index in [0.29, 0.717) is 6.07 Å². The molecule has 3 rings (SSSR count). The summed E-state index contributed by atoms with van der Waals surface area (Å²) in [6, 6.07) is 16.0. The molecule has 3 aromatic rings. The number of carbonyl (C=O) groups is 1. The number of aryl methyl sites for hydroxylation is 1. The van der Waals surface area contributed by atoms with Gasteiger partial charge < -0.3 is 4.74 Å². The highest BCUT2D eigenvalue weighted by Crippen LogP contribution is 2.32. The molecule has 3 aromatic carbocycles. The van der Waals surface area contributed by atoms with Crippen molar-refractivity contribution >= 4 is 28.0 Å². The van der Waals surface area contributed by atoms with Gasteiger partial charge in [0, 0.05) is 5.56 Å². The van der Waals surface area contributed by atoms with Gasteiger partial charge in [-0.1, -0.05) is 35.9 Å². The number of alkyl halides is 3. The average Bonchev–Trinajstić information content (AvgIpc) is 2.80. The molecule has 0 aliphatic heterocycles. The topological polar surface area (TPSA) is 76.0 Å². The maximum Gasteiger partial charge on any atom is 0.416 e. The molecule has 1 amide bonds. The van der Waals surface area contributed by atoms with Gasteiger partial charge in [-0.3, -0.25) is 9.69 Å². The monoisotopic (exact) mass is 490 g/mol. The fourth-order valence-corrected chi connectivity index (χ4v) is 3.83. The number of para-hydroxylation sites is 2. The Morgan fingerprint density at radius 3 is 2.35 bits per heavy atom. The summed E-state index contributed by atoms with van der Waals surface area (Å²) in [6.07, 6.45) is -3.89. The van der Waals surface area contributed by atoms with Gasteiger partial charge in [0.25, 0.3) is 15.9 Å². The normalized spacial score (nSPS) is 12.0. The third-order valence-corrected chi connectivity index (χ3v) is 5.94. The molecule has 0 atom stereocenters. The summed E-state index contributed by atoms with van der Waals surface area (Å²) in [6.45, 7) is 3.74. The number of halogens is 3. The minimum absolute atomic E-state index is 0.0982. The summed E-state index contributed by atoms with van der Waals surface area (Å²) in [4.78, 5) is 14.1. The number of ether oxygens (including phenoxy) is 1. The maximum atomic E-state index is 13.3. The maximum absolute atomic E-state index is 13.3. The molecule has 0 N–H and O–H groups in total. The van der Waals surface area contributed by atoms with E-state index in [1.807, 2.05) is 0 Å². The number of rotatable bonds is 7. The minimum Gasteiger partial charge on any atom is -0.492 e. The highest BCUT2D eigenvalue weighted by Gasteiger charge is 2.31. The molecule has 178 valence electrons. The quantitative estimate of drug-likeness (QED) is 0.325. The van der Waals surface area contributed by atoms with E-state index in [-0.39, 0.29) is 28.5 Å². The number of amides is 1. The zero-order valence-electron chi connectivity index (χ0n) is 18.3. The van der Waals surface area contributed by atoms with E-state index in [9.17, 15) is 26.4 Å². The van der Waals surface area contributed by atoms with Crippen molar-refractivity contribution in [2.75, 3.05) is 11.5 Å². The molecule has 0 radical (unpaired) electrons. The van der Waals surface area contributed by atoms with Crippen LogP contribution in [0.4, 0.5) is 18.9 Å². The fourth-order valence-electron chi connectivity index (χ4n) is 3.01. The minimum atomic E-state index is -4.66. The molecule has 0 aliphatic rings. The third-order valence-electron chi connectivity index (χ3n) is 4.70. The van der Waals surface area contributed by atoms with Crippen LogP contribution < -0.4 is 9.64 Å². The van der Waals surface area contributed by atoms with E-state index in [1.54, 1.807) is 44.2 Å². The number of benzene rings is 3. The Morgan fingerprint density at radius 1 is 1.03 bits per heavy atom. The SMILES string of the molecule is CCOc1ccccc1N(/C=N/S(=O)(=O)c1ccc(C)cc1)C(=O)c1cccc(C(F)(F)F)c1. The van der Waals surface area contributed by atoms with Crippen LogP contribution in [0.25, 0.3) is 0 Å². The lowest BCUT2D eigenvalue weighted by Crippen LogP contribution is -2.30. The van der Waals surface area contributed by atoms with Crippen LogP contribution in [0.3, 0.4) is 0 Å². The Labute approximate surface area is 195 Å². The van der Waals surface area contributed by atoms with Crippen molar-refractivity contribution in [3.8, 4) is 5.75 Å². The van der Waals surface area contributed by atoms with Crippen molar-refractivity contribution in [1.82, 2.24) is 0 Å². The van der Waals surface area contributed by atoms with Gasteiger partial charge in [0.15, 0.2) is 0 Å². The van der Waals surface area contributed by atoms with E-state index in [2.05, 4.69) is 4.40 Å². The molecule has 0 aromatic heterocycles. The molecule has 0 fully saturated rings.